The molecule has 0 N–H and O–H groups in total. The quantitative estimate of drug-likeness (QED) is 0.794. The van der Waals surface area contributed by atoms with Gasteiger partial charge in [-0.2, -0.15) is 17.0 Å². The van der Waals surface area contributed by atoms with Crippen LogP contribution in [0.3, 0.4) is 0 Å². The molecule has 1 saturated carbocycles. The predicted octanol–water partition coefficient (Wildman–Crippen LogP) is 2.08. The zero-order valence-electron chi connectivity index (χ0n) is 14.6. The second-order valence-corrected chi connectivity index (χ2v) is 9.90. The van der Waals surface area contributed by atoms with Crippen LogP contribution in [0.15, 0.2) is 5.38 Å². The first kappa shape index (κ1) is 18.3. The number of hydrogen-bond acceptors (Lipinski definition) is 5. The number of hydrogen-bond donors (Lipinski definition) is 0. The van der Waals surface area contributed by atoms with E-state index < -0.39 is 10.2 Å². The molecule has 3 rings (SSSR count). The van der Waals surface area contributed by atoms with Crippen LogP contribution in [0.4, 0.5) is 0 Å². The summed E-state index contributed by atoms with van der Waals surface area (Å²) in [5, 5.41) is 3.18. The minimum atomic E-state index is -3.33. The fourth-order valence-electron chi connectivity index (χ4n) is 3.64. The van der Waals surface area contributed by atoms with E-state index in [1.807, 2.05) is 6.92 Å². The van der Waals surface area contributed by atoms with Crippen molar-refractivity contribution in [3.05, 3.63) is 16.1 Å². The molecule has 1 saturated heterocycles. The van der Waals surface area contributed by atoms with Crippen LogP contribution in [0.1, 0.15) is 42.8 Å². The average molecular weight is 373 g/mol. The first-order valence-electron chi connectivity index (χ1n) is 8.83. The molecule has 0 spiro atoms. The highest BCUT2D eigenvalue weighted by atomic mass is 32.2. The van der Waals surface area contributed by atoms with Gasteiger partial charge in [0.05, 0.1) is 10.7 Å². The molecule has 0 radical (unpaired) electrons. The molecule has 0 bridgehead atoms. The molecule has 24 heavy (non-hydrogen) atoms. The van der Waals surface area contributed by atoms with Crippen molar-refractivity contribution in [2.75, 3.05) is 33.2 Å². The third-order valence-electron chi connectivity index (χ3n) is 5.16. The van der Waals surface area contributed by atoms with Gasteiger partial charge in [-0.1, -0.05) is 19.3 Å². The number of aryl methyl sites for hydroxylation is 1. The Morgan fingerprint density at radius 3 is 2.46 bits per heavy atom. The fourth-order valence-corrected chi connectivity index (χ4v) is 5.82. The second-order valence-electron chi connectivity index (χ2n) is 6.85. The molecule has 2 fully saturated rings. The summed E-state index contributed by atoms with van der Waals surface area (Å²) in [5.41, 5.74) is 1.09. The zero-order valence-corrected chi connectivity index (χ0v) is 16.3. The van der Waals surface area contributed by atoms with Crippen molar-refractivity contribution in [3.63, 3.8) is 0 Å². The van der Waals surface area contributed by atoms with Gasteiger partial charge in [-0.25, -0.2) is 4.98 Å². The summed E-state index contributed by atoms with van der Waals surface area (Å²) in [7, 11) is -1.57. The van der Waals surface area contributed by atoms with Crippen molar-refractivity contribution in [3.8, 4) is 0 Å². The summed E-state index contributed by atoms with van der Waals surface area (Å²) in [6.45, 7) is 5.52. The van der Waals surface area contributed by atoms with Crippen molar-refractivity contribution in [1.29, 1.82) is 0 Å². The maximum atomic E-state index is 12.9. The van der Waals surface area contributed by atoms with Crippen LogP contribution in [-0.2, 0) is 16.8 Å². The van der Waals surface area contributed by atoms with E-state index in [2.05, 4.69) is 15.3 Å². The van der Waals surface area contributed by atoms with Crippen LogP contribution in [-0.4, -0.2) is 66.2 Å². The van der Waals surface area contributed by atoms with Gasteiger partial charge in [-0.3, -0.25) is 4.90 Å². The Labute approximate surface area is 149 Å². The molecule has 0 aromatic carbocycles. The van der Waals surface area contributed by atoms with Crippen LogP contribution in [0.2, 0.25) is 0 Å². The molecule has 0 atom stereocenters. The summed E-state index contributed by atoms with van der Waals surface area (Å²) in [6, 6.07) is 0.180. The van der Waals surface area contributed by atoms with Crippen molar-refractivity contribution >= 4 is 21.5 Å². The minimum Gasteiger partial charge on any atom is -0.295 e. The van der Waals surface area contributed by atoms with E-state index in [0.717, 1.165) is 56.0 Å². The Hall–Kier alpha value is -0.540. The average Bonchev–Trinajstić information content (AvgIpc) is 3.00. The lowest BCUT2D eigenvalue weighted by molar-refractivity contribution is 0.169. The van der Waals surface area contributed by atoms with Crippen molar-refractivity contribution < 1.29 is 8.42 Å². The summed E-state index contributed by atoms with van der Waals surface area (Å²) in [4.78, 5) is 6.79. The van der Waals surface area contributed by atoms with Crippen LogP contribution in [0, 0.1) is 6.92 Å². The predicted molar refractivity (Wildman–Crippen MR) is 97.3 cm³/mol. The van der Waals surface area contributed by atoms with Gasteiger partial charge in [-0.15, -0.1) is 11.3 Å². The monoisotopic (exact) mass is 372 g/mol. The fraction of sp³-hybridized carbons (Fsp3) is 0.812. The van der Waals surface area contributed by atoms with E-state index in [4.69, 9.17) is 0 Å². The highest BCUT2D eigenvalue weighted by Crippen LogP contribution is 2.25. The molecule has 1 aromatic rings. The van der Waals surface area contributed by atoms with Gasteiger partial charge in [-0.05, 0) is 19.8 Å². The van der Waals surface area contributed by atoms with Crippen molar-refractivity contribution in [1.82, 2.24) is 18.5 Å². The van der Waals surface area contributed by atoms with Gasteiger partial charge in [0.2, 0.25) is 0 Å². The molecular formula is C16H28N4O2S2. The molecule has 2 aliphatic rings. The molecule has 0 amide bonds. The van der Waals surface area contributed by atoms with Crippen molar-refractivity contribution in [2.45, 2.75) is 51.6 Å². The second kappa shape index (κ2) is 7.78. The highest BCUT2D eigenvalue weighted by molar-refractivity contribution is 7.86. The van der Waals surface area contributed by atoms with Gasteiger partial charge in [0.1, 0.15) is 0 Å². The molecule has 136 valence electrons. The van der Waals surface area contributed by atoms with Crippen LogP contribution < -0.4 is 0 Å². The number of piperazine rings is 1. The lowest BCUT2D eigenvalue weighted by atomic mass is 9.96. The van der Waals surface area contributed by atoms with E-state index in [0.29, 0.717) is 13.1 Å². The highest BCUT2D eigenvalue weighted by Gasteiger charge is 2.34. The summed E-state index contributed by atoms with van der Waals surface area (Å²) in [5.74, 6) is 0. The Balaban J connectivity index is 1.54. The standard InChI is InChI=1S/C16H28N4O2S2/c1-14-17-15(13-23-14)12-19-8-10-20(11-9-19)24(21,22)18(2)16-6-4-3-5-7-16/h13,16H,3-12H2,1-2H3. The Morgan fingerprint density at radius 2 is 1.88 bits per heavy atom. The molecule has 2 heterocycles. The van der Waals surface area contributed by atoms with Gasteiger partial charge in [0.15, 0.2) is 0 Å². The normalized spacial score (nSPS) is 22.3. The van der Waals surface area contributed by atoms with Crippen LogP contribution in [0.25, 0.3) is 0 Å². The number of nitrogens with zero attached hydrogens (tertiary/aromatic N) is 4. The molecular weight excluding hydrogens is 344 g/mol. The molecule has 6 nitrogen and oxygen atoms in total. The topological polar surface area (TPSA) is 56.8 Å². The van der Waals surface area contributed by atoms with Crippen LogP contribution in [0.5, 0.6) is 0 Å². The number of thiazole rings is 1. The smallest absolute Gasteiger partial charge is 0.282 e. The first-order valence-corrected chi connectivity index (χ1v) is 11.1. The Bertz CT molecular complexity index is 632. The summed E-state index contributed by atoms with van der Waals surface area (Å²) >= 11 is 1.67. The SMILES string of the molecule is Cc1nc(CN2CCN(S(=O)(=O)N(C)C3CCCCC3)CC2)cs1. The van der Waals surface area contributed by atoms with Crippen LogP contribution >= 0.6 is 11.3 Å². The Morgan fingerprint density at radius 1 is 1.21 bits per heavy atom. The molecule has 0 unspecified atom stereocenters. The van der Waals surface area contributed by atoms with Gasteiger partial charge in [0, 0.05) is 51.2 Å². The lowest BCUT2D eigenvalue weighted by Crippen LogP contribution is -2.54. The third kappa shape index (κ3) is 4.16. The maximum Gasteiger partial charge on any atom is 0.282 e. The van der Waals surface area contributed by atoms with E-state index >= 15 is 0 Å². The van der Waals surface area contributed by atoms with E-state index in [1.165, 1.54) is 6.42 Å². The van der Waals surface area contributed by atoms with E-state index in [-0.39, 0.29) is 6.04 Å². The lowest BCUT2D eigenvalue weighted by Gasteiger charge is -2.38. The van der Waals surface area contributed by atoms with Gasteiger partial charge >= 0.3 is 0 Å². The maximum absolute atomic E-state index is 12.9. The summed E-state index contributed by atoms with van der Waals surface area (Å²) < 4.78 is 29.0. The number of aromatic nitrogens is 1. The zero-order chi connectivity index (χ0) is 17.2. The molecule has 1 aliphatic heterocycles. The minimum absolute atomic E-state index is 0.180. The largest absolute Gasteiger partial charge is 0.295 e. The Kier molecular flexibility index (Phi) is 5.92. The van der Waals surface area contributed by atoms with E-state index in [9.17, 15) is 8.42 Å². The van der Waals surface area contributed by atoms with Gasteiger partial charge < -0.3 is 0 Å². The molecule has 8 heteroatoms. The van der Waals surface area contributed by atoms with Gasteiger partial charge in [0.25, 0.3) is 10.2 Å². The first-order chi connectivity index (χ1) is 11.5. The number of rotatable bonds is 5. The van der Waals surface area contributed by atoms with E-state index in [1.54, 1.807) is 27.0 Å². The summed E-state index contributed by atoms with van der Waals surface area (Å²) in [6.07, 6.45) is 5.52. The van der Waals surface area contributed by atoms with Crippen molar-refractivity contribution in [2.24, 2.45) is 0 Å². The molecule has 1 aromatic heterocycles. The third-order valence-corrected chi connectivity index (χ3v) is 8.03. The molecule has 1 aliphatic carbocycles.